The number of fused-ring (bicyclic) bond motifs is 1. The van der Waals surface area contributed by atoms with Gasteiger partial charge in [0.2, 0.25) is 11.0 Å². The monoisotopic (exact) mass is 305 g/mol. The highest BCUT2D eigenvalue weighted by Crippen LogP contribution is 2.33. The van der Waals surface area contributed by atoms with Crippen molar-refractivity contribution in [2.75, 3.05) is 16.0 Å². The van der Waals surface area contributed by atoms with Gasteiger partial charge in [0.25, 0.3) is 0 Å². The normalized spacial score (nSPS) is 17.1. The van der Waals surface area contributed by atoms with Crippen LogP contribution in [0.15, 0.2) is 6.33 Å². The molecule has 1 aliphatic heterocycles. The van der Waals surface area contributed by atoms with Crippen LogP contribution in [0.4, 0.5) is 22.5 Å². The third-order valence-electron chi connectivity index (χ3n) is 3.09. The molecule has 110 valence electrons. The van der Waals surface area contributed by atoms with Gasteiger partial charge in [0.1, 0.15) is 23.1 Å². The fraction of sp³-hybridized carbons (Fsp3) is 0.417. The van der Waals surface area contributed by atoms with Gasteiger partial charge >= 0.3 is 0 Å². The largest absolute Gasteiger partial charge is 0.356 e. The van der Waals surface area contributed by atoms with Gasteiger partial charge in [-0.3, -0.25) is 4.79 Å². The van der Waals surface area contributed by atoms with Crippen LogP contribution in [0.25, 0.3) is 0 Å². The van der Waals surface area contributed by atoms with Crippen molar-refractivity contribution in [1.82, 2.24) is 20.2 Å². The van der Waals surface area contributed by atoms with Crippen LogP contribution in [0.2, 0.25) is 0 Å². The first-order valence-electron chi connectivity index (χ1n) is 6.54. The third-order valence-corrected chi connectivity index (χ3v) is 3.84. The van der Waals surface area contributed by atoms with Crippen molar-refractivity contribution in [2.24, 2.45) is 5.92 Å². The summed E-state index contributed by atoms with van der Waals surface area (Å²) in [6.07, 6.45) is 1.44. The average molecular weight is 305 g/mol. The van der Waals surface area contributed by atoms with Crippen molar-refractivity contribution in [2.45, 2.75) is 26.8 Å². The fourth-order valence-electron chi connectivity index (χ4n) is 2.04. The zero-order chi connectivity index (χ0) is 15.0. The van der Waals surface area contributed by atoms with E-state index in [1.165, 1.54) is 17.7 Å². The number of carbonyl (C=O) groups is 1. The van der Waals surface area contributed by atoms with Crippen molar-refractivity contribution in [3.8, 4) is 0 Å². The average Bonchev–Trinajstić information content (AvgIpc) is 2.84. The zero-order valence-electron chi connectivity index (χ0n) is 11.8. The number of aryl methyl sites for hydroxylation is 1. The van der Waals surface area contributed by atoms with Crippen molar-refractivity contribution in [3.05, 3.63) is 11.3 Å². The summed E-state index contributed by atoms with van der Waals surface area (Å²) in [5, 5.41) is 18.4. The summed E-state index contributed by atoms with van der Waals surface area (Å²) in [6.45, 7) is 5.83. The maximum Gasteiger partial charge on any atom is 0.247 e. The minimum atomic E-state index is -0.302. The lowest BCUT2D eigenvalue weighted by molar-refractivity contribution is -0.117. The first-order chi connectivity index (χ1) is 10.0. The Labute approximate surface area is 125 Å². The molecule has 8 nitrogen and oxygen atoms in total. The molecule has 0 saturated heterocycles. The first-order valence-corrected chi connectivity index (χ1v) is 7.36. The molecule has 1 atom stereocenters. The predicted molar refractivity (Wildman–Crippen MR) is 80.8 cm³/mol. The zero-order valence-corrected chi connectivity index (χ0v) is 12.7. The standard InChI is InChI=1S/C12H15N7OS/c1-5(2)7-11(20)16-8-9(15-7)13-4-14-10(8)17-12-19-18-6(3)21-12/h4-5,7H,1-3H3,(H,16,20)(H2,13,14,15,17,19). The molecule has 0 aliphatic carbocycles. The molecular weight excluding hydrogens is 290 g/mol. The van der Waals surface area contributed by atoms with Crippen LogP contribution in [0.3, 0.4) is 0 Å². The molecule has 0 saturated carbocycles. The molecule has 2 aromatic rings. The second kappa shape index (κ2) is 5.24. The number of hydrogen-bond donors (Lipinski definition) is 3. The van der Waals surface area contributed by atoms with E-state index in [0.717, 1.165) is 5.01 Å². The summed E-state index contributed by atoms with van der Waals surface area (Å²) < 4.78 is 0. The summed E-state index contributed by atoms with van der Waals surface area (Å²) in [6, 6.07) is -0.302. The number of aromatic nitrogens is 4. The Morgan fingerprint density at radius 2 is 2.14 bits per heavy atom. The Morgan fingerprint density at radius 3 is 2.81 bits per heavy atom. The van der Waals surface area contributed by atoms with E-state index in [-0.39, 0.29) is 17.9 Å². The van der Waals surface area contributed by atoms with E-state index in [9.17, 15) is 4.79 Å². The van der Waals surface area contributed by atoms with Gasteiger partial charge in [0, 0.05) is 0 Å². The van der Waals surface area contributed by atoms with E-state index in [2.05, 4.69) is 36.1 Å². The molecule has 0 aromatic carbocycles. The van der Waals surface area contributed by atoms with E-state index in [1.807, 2.05) is 20.8 Å². The molecule has 2 aromatic heterocycles. The Bertz CT molecular complexity index is 684. The molecule has 0 spiro atoms. The Morgan fingerprint density at radius 1 is 1.33 bits per heavy atom. The summed E-state index contributed by atoms with van der Waals surface area (Å²) >= 11 is 1.41. The lowest BCUT2D eigenvalue weighted by atomic mass is 10.0. The molecule has 0 fully saturated rings. The van der Waals surface area contributed by atoms with E-state index < -0.39 is 0 Å². The van der Waals surface area contributed by atoms with Crippen molar-refractivity contribution in [1.29, 1.82) is 0 Å². The molecule has 0 radical (unpaired) electrons. The van der Waals surface area contributed by atoms with Crippen molar-refractivity contribution < 1.29 is 4.79 Å². The molecule has 3 N–H and O–H groups in total. The Hall–Kier alpha value is -2.29. The number of hydrogen-bond acceptors (Lipinski definition) is 8. The number of anilines is 4. The van der Waals surface area contributed by atoms with Gasteiger partial charge < -0.3 is 16.0 Å². The van der Waals surface area contributed by atoms with Crippen LogP contribution in [0.5, 0.6) is 0 Å². The van der Waals surface area contributed by atoms with Crippen LogP contribution in [0, 0.1) is 12.8 Å². The lowest BCUT2D eigenvalue weighted by Gasteiger charge is -2.28. The SMILES string of the molecule is Cc1nnc(Nc2ncnc3c2NC(=O)C(C(C)C)N3)s1. The fourth-order valence-corrected chi connectivity index (χ4v) is 2.63. The maximum absolute atomic E-state index is 12.1. The molecule has 1 aliphatic rings. The molecule has 0 bridgehead atoms. The summed E-state index contributed by atoms with van der Waals surface area (Å²) in [7, 11) is 0. The first kappa shape index (κ1) is 13.7. The van der Waals surface area contributed by atoms with Gasteiger partial charge in [-0.15, -0.1) is 10.2 Å². The van der Waals surface area contributed by atoms with Gasteiger partial charge in [-0.25, -0.2) is 9.97 Å². The predicted octanol–water partition coefficient (Wildman–Crippen LogP) is 1.77. The molecule has 9 heteroatoms. The van der Waals surface area contributed by atoms with Crippen LogP contribution in [-0.2, 0) is 4.79 Å². The summed E-state index contributed by atoms with van der Waals surface area (Å²) in [5.41, 5.74) is 0.534. The van der Waals surface area contributed by atoms with Crippen LogP contribution in [0.1, 0.15) is 18.9 Å². The van der Waals surface area contributed by atoms with Crippen LogP contribution < -0.4 is 16.0 Å². The number of nitrogens with one attached hydrogen (secondary N) is 3. The maximum atomic E-state index is 12.1. The van der Waals surface area contributed by atoms with Crippen LogP contribution >= 0.6 is 11.3 Å². The minimum Gasteiger partial charge on any atom is -0.356 e. The number of carbonyl (C=O) groups excluding carboxylic acids is 1. The Balaban J connectivity index is 1.91. The van der Waals surface area contributed by atoms with Gasteiger partial charge in [-0.2, -0.15) is 0 Å². The molecule has 1 unspecified atom stereocenters. The summed E-state index contributed by atoms with van der Waals surface area (Å²) in [4.78, 5) is 20.5. The highest BCUT2D eigenvalue weighted by atomic mass is 32.1. The third kappa shape index (κ3) is 2.64. The number of amides is 1. The molecule has 3 rings (SSSR count). The Kier molecular flexibility index (Phi) is 3.42. The number of rotatable bonds is 3. The molecule has 3 heterocycles. The quantitative estimate of drug-likeness (QED) is 0.793. The highest BCUT2D eigenvalue weighted by Gasteiger charge is 2.30. The second-order valence-electron chi connectivity index (χ2n) is 5.05. The molecular formula is C12H15N7OS. The minimum absolute atomic E-state index is 0.0937. The van der Waals surface area contributed by atoms with Crippen molar-refractivity contribution >= 4 is 39.7 Å². The van der Waals surface area contributed by atoms with Gasteiger partial charge in [0.05, 0.1) is 0 Å². The van der Waals surface area contributed by atoms with E-state index >= 15 is 0 Å². The molecule has 21 heavy (non-hydrogen) atoms. The van der Waals surface area contributed by atoms with Gasteiger partial charge in [0.15, 0.2) is 11.6 Å². The summed E-state index contributed by atoms with van der Waals surface area (Å²) in [5.74, 6) is 1.17. The second-order valence-corrected chi connectivity index (χ2v) is 6.23. The van der Waals surface area contributed by atoms with Crippen molar-refractivity contribution in [3.63, 3.8) is 0 Å². The topological polar surface area (TPSA) is 105 Å². The highest BCUT2D eigenvalue weighted by molar-refractivity contribution is 7.15. The smallest absolute Gasteiger partial charge is 0.247 e. The molecule has 1 amide bonds. The van der Waals surface area contributed by atoms with E-state index in [4.69, 9.17) is 0 Å². The van der Waals surface area contributed by atoms with Gasteiger partial charge in [-0.05, 0) is 12.8 Å². The number of nitrogens with zero attached hydrogens (tertiary/aromatic N) is 4. The lowest BCUT2D eigenvalue weighted by Crippen LogP contribution is -2.43. The van der Waals surface area contributed by atoms with E-state index in [0.29, 0.717) is 22.5 Å². The van der Waals surface area contributed by atoms with Crippen LogP contribution in [-0.4, -0.2) is 32.1 Å². The van der Waals surface area contributed by atoms with E-state index in [1.54, 1.807) is 0 Å². The van der Waals surface area contributed by atoms with Gasteiger partial charge in [-0.1, -0.05) is 25.2 Å².